The van der Waals surface area contributed by atoms with Crippen LogP contribution in [0.3, 0.4) is 0 Å². The summed E-state index contributed by atoms with van der Waals surface area (Å²) in [6.07, 6.45) is 6.68. The average molecular weight is 363 g/mol. The fourth-order valence-corrected chi connectivity index (χ4v) is 2.84. The van der Waals surface area contributed by atoms with Gasteiger partial charge in [0.1, 0.15) is 6.10 Å². The number of carbonyl (C=O) groups is 1. The maximum Gasteiger partial charge on any atom is 0.303 e. The molecule has 0 aliphatic carbocycles. The van der Waals surface area contributed by atoms with E-state index in [4.69, 9.17) is 16.3 Å². The number of ether oxygens (including phenoxy) is 1. The summed E-state index contributed by atoms with van der Waals surface area (Å²) < 4.78 is 6.94. The lowest BCUT2D eigenvalue weighted by molar-refractivity contribution is -0.144. The fraction of sp³-hybridized carbons (Fsp3) is 0.368. The standard InChI is InChI=1S/C19H23ClN2O3/c1-14(23)25-18(15-9-5-3-6-10-15)12-8-4-7-11-17(24)16-13-22(2)21-19(16)20/h3,5-6,8-10,12-13,17-18,24H,4,7,11H2,1-2H3/b12-8+. The highest BCUT2D eigenvalue weighted by Crippen LogP contribution is 2.25. The highest BCUT2D eigenvalue weighted by molar-refractivity contribution is 6.30. The van der Waals surface area contributed by atoms with Crippen LogP contribution < -0.4 is 0 Å². The number of aryl methyl sites for hydroxylation is 1. The van der Waals surface area contributed by atoms with Gasteiger partial charge in [0, 0.05) is 25.7 Å². The quantitative estimate of drug-likeness (QED) is 0.435. The molecule has 1 heterocycles. The summed E-state index contributed by atoms with van der Waals surface area (Å²) in [5, 5.41) is 14.5. The van der Waals surface area contributed by atoms with Gasteiger partial charge in [-0.1, -0.05) is 48.0 Å². The number of nitrogens with zero attached hydrogens (tertiary/aromatic N) is 2. The summed E-state index contributed by atoms with van der Waals surface area (Å²) >= 11 is 5.98. The Kier molecular flexibility index (Phi) is 7.22. The van der Waals surface area contributed by atoms with E-state index in [0.717, 1.165) is 18.4 Å². The number of aliphatic hydroxyl groups excluding tert-OH is 1. The van der Waals surface area contributed by atoms with Crippen LogP contribution in [-0.4, -0.2) is 20.9 Å². The van der Waals surface area contributed by atoms with Crippen molar-refractivity contribution in [1.82, 2.24) is 9.78 Å². The van der Waals surface area contributed by atoms with E-state index in [1.807, 2.05) is 42.5 Å². The van der Waals surface area contributed by atoms with Crippen molar-refractivity contribution in [2.75, 3.05) is 0 Å². The van der Waals surface area contributed by atoms with Gasteiger partial charge < -0.3 is 9.84 Å². The molecule has 0 saturated heterocycles. The summed E-state index contributed by atoms with van der Waals surface area (Å²) in [6.45, 7) is 1.40. The molecule has 5 nitrogen and oxygen atoms in total. The van der Waals surface area contributed by atoms with Gasteiger partial charge in [0.05, 0.1) is 6.10 Å². The monoisotopic (exact) mass is 362 g/mol. The third-order valence-corrected chi connectivity index (χ3v) is 4.04. The van der Waals surface area contributed by atoms with Crippen LogP contribution in [0.2, 0.25) is 5.15 Å². The first-order valence-electron chi connectivity index (χ1n) is 8.23. The summed E-state index contributed by atoms with van der Waals surface area (Å²) in [4.78, 5) is 11.3. The number of allylic oxidation sites excluding steroid dienone is 1. The molecule has 0 radical (unpaired) electrons. The highest BCUT2D eigenvalue weighted by atomic mass is 35.5. The summed E-state index contributed by atoms with van der Waals surface area (Å²) in [6, 6.07) is 9.59. The smallest absolute Gasteiger partial charge is 0.303 e. The van der Waals surface area contributed by atoms with Crippen molar-refractivity contribution in [3.63, 3.8) is 0 Å². The SMILES string of the molecule is CC(=O)OC(/C=C/CCCC(O)c1cn(C)nc1Cl)c1ccccc1. The van der Waals surface area contributed by atoms with E-state index < -0.39 is 12.2 Å². The Balaban J connectivity index is 1.86. The number of unbranched alkanes of at least 4 members (excludes halogenated alkanes) is 1. The Labute approximate surface area is 152 Å². The molecule has 0 amide bonds. The molecule has 0 bridgehead atoms. The van der Waals surface area contributed by atoms with Crippen LogP contribution in [0, 0.1) is 0 Å². The van der Waals surface area contributed by atoms with E-state index in [2.05, 4.69) is 5.10 Å². The lowest BCUT2D eigenvalue weighted by atomic mass is 10.1. The molecular formula is C19H23ClN2O3. The maximum absolute atomic E-state index is 11.3. The predicted molar refractivity (Wildman–Crippen MR) is 97.1 cm³/mol. The van der Waals surface area contributed by atoms with Gasteiger partial charge in [-0.3, -0.25) is 9.48 Å². The number of aromatic nitrogens is 2. The van der Waals surface area contributed by atoms with Gasteiger partial charge >= 0.3 is 5.97 Å². The van der Waals surface area contributed by atoms with Gasteiger partial charge in [0.2, 0.25) is 0 Å². The minimum absolute atomic E-state index is 0.319. The minimum Gasteiger partial charge on any atom is -0.453 e. The Bertz CT molecular complexity index is 713. The zero-order valence-corrected chi connectivity index (χ0v) is 15.2. The number of carbonyl (C=O) groups excluding carboxylic acids is 1. The lowest BCUT2D eigenvalue weighted by Gasteiger charge is -2.13. The van der Waals surface area contributed by atoms with Gasteiger partial charge in [0.25, 0.3) is 0 Å². The van der Waals surface area contributed by atoms with Crippen LogP contribution in [0.1, 0.15) is 49.5 Å². The average Bonchev–Trinajstić information content (AvgIpc) is 2.92. The van der Waals surface area contributed by atoms with Gasteiger partial charge in [-0.2, -0.15) is 5.10 Å². The molecule has 1 N–H and O–H groups in total. The Hall–Kier alpha value is -2.11. The zero-order chi connectivity index (χ0) is 18.2. The fourth-order valence-electron chi connectivity index (χ4n) is 2.55. The molecule has 2 unspecified atom stereocenters. The number of hydrogen-bond donors (Lipinski definition) is 1. The molecule has 0 aliphatic rings. The van der Waals surface area contributed by atoms with Crippen molar-refractivity contribution in [1.29, 1.82) is 0 Å². The zero-order valence-electron chi connectivity index (χ0n) is 14.4. The van der Waals surface area contributed by atoms with Gasteiger partial charge in [-0.05, 0) is 30.9 Å². The Morgan fingerprint density at radius 1 is 1.40 bits per heavy atom. The van der Waals surface area contributed by atoms with Crippen molar-refractivity contribution in [2.24, 2.45) is 7.05 Å². The first kappa shape index (κ1) is 19.2. The van der Waals surface area contributed by atoms with Crippen LogP contribution in [-0.2, 0) is 16.6 Å². The second-order valence-electron chi connectivity index (χ2n) is 5.86. The molecule has 25 heavy (non-hydrogen) atoms. The minimum atomic E-state index is -0.631. The third-order valence-electron chi connectivity index (χ3n) is 3.75. The van der Waals surface area contributed by atoms with Crippen molar-refractivity contribution < 1.29 is 14.6 Å². The molecule has 134 valence electrons. The summed E-state index contributed by atoms with van der Waals surface area (Å²) in [7, 11) is 1.77. The molecule has 2 rings (SSSR count). The van der Waals surface area contributed by atoms with Crippen LogP contribution in [0.4, 0.5) is 0 Å². The van der Waals surface area contributed by atoms with Gasteiger partial charge in [0.15, 0.2) is 5.15 Å². The summed E-state index contributed by atoms with van der Waals surface area (Å²) in [5.74, 6) is -0.319. The van der Waals surface area contributed by atoms with Crippen molar-refractivity contribution in [2.45, 2.75) is 38.4 Å². The number of aliphatic hydroxyl groups is 1. The highest BCUT2D eigenvalue weighted by Gasteiger charge is 2.14. The van der Waals surface area contributed by atoms with E-state index in [9.17, 15) is 9.90 Å². The first-order valence-corrected chi connectivity index (χ1v) is 8.61. The molecule has 2 aromatic rings. The Morgan fingerprint density at radius 2 is 2.12 bits per heavy atom. The lowest BCUT2D eigenvalue weighted by Crippen LogP contribution is -2.06. The second-order valence-corrected chi connectivity index (χ2v) is 6.22. The topological polar surface area (TPSA) is 64.3 Å². The normalized spacial score (nSPS) is 13.8. The molecule has 0 spiro atoms. The molecule has 6 heteroatoms. The van der Waals surface area contributed by atoms with E-state index in [1.165, 1.54) is 6.92 Å². The molecule has 0 saturated carbocycles. The predicted octanol–water partition coefficient (Wildman–Crippen LogP) is 4.14. The summed E-state index contributed by atoms with van der Waals surface area (Å²) in [5.41, 5.74) is 1.58. The van der Waals surface area contributed by atoms with Gasteiger partial charge in [-0.15, -0.1) is 0 Å². The van der Waals surface area contributed by atoms with Crippen LogP contribution >= 0.6 is 11.6 Å². The van der Waals surface area contributed by atoms with Crippen LogP contribution in [0.5, 0.6) is 0 Å². The van der Waals surface area contributed by atoms with Crippen LogP contribution in [0.25, 0.3) is 0 Å². The largest absolute Gasteiger partial charge is 0.453 e. The number of hydrogen-bond acceptors (Lipinski definition) is 4. The molecule has 0 fully saturated rings. The second kappa shape index (κ2) is 9.39. The molecule has 0 aliphatic heterocycles. The van der Waals surface area contributed by atoms with Crippen molar-refractivity contribution in [3.8, 4) is 0 Å². The molecular weight excluding hydrogens is 340 g/mol. The number of esters is 1. The van der Waals surface area contributed by atoms with E-state index in [0.29, 0.717) is 17.1 Å². The third kappa shape index (κ3) is 6.03. The first-order chi connectivity index (χ1) is 12.0. The number of rotatable bonds is 8. The maximum atomic E-state index is 11.3. The van der Waals surface area contributed by atoms with Crippen molar-refractivity contribution in [3.05, 3.63) is 65.0 Å². The molecule has 2 atom stereocenters. The van der Waals surface area contributed by atoms with Crippen molar-refractivity contribution >= 4 is 17.6 Å². The number of benzene rings is 1. The van der Waals surface area contributed by atoms with Crippen LogP contribution in [0.15, 0.2) is 48.7 Å². The molecule has 1 aromatic carbocycles. The van der Waals surface area contributed by atoms with E-state index in [-0.39, 0.29) is 5.97 Å². The Morgan fingerprint density at radius 3 is 2.72 bits per heavy atom. The number of halogens is 1. The van der Waals surface area contributed by atoms with Gasteiger partial charge in [-0.25, -0.2) is 0 Å². The van der Waals surface area contributed by atoms with E-state index in [1.54, 1.807) is 17.9 Å². The van der Waals surface area contributed by atoms with E-state index >= 15 is 0 Å². The molecule has 1 aromatic heterocycles.